The van der Waals surface area contributed by atoms with Crippen molar-refractivity contribution in [2.24, 2.45) is 0 Å². The Morgan fingerprint density at radius 3 is 2.58 bits per heavy atom. The summed E-state index contributed by atoms with van der Waals surface area (Å²) in [6, 6.07) is 16.3. The van der Waals surface area contributed by atoms with Crippen LogP contribution in [0, 0.1) is 6.92 Å². The second-order valence-electron chi connectivity index (χ2n) is 5.19. The van der Waals surface area contributed by atoms with Gasteiger partial charge in [0.2, 0.25) is 0 Å². The van der Waals surface area contributed by atoms with Crippen LogP contribution in [0.5, 0.6) is 0 Å². The third-order valence-corrected chi connectivity index (χ3v) is 3.62. The summed E-state index contributed by atoms with van der Waals surface area (Å²) in [5.74, 6) is 0.244. The molecule has 0 spiro atoms. The van der Waals surface area contributed by atoms with E-state index in [2.05, 4.69) is 20.6 Å². The number of anilines is 3. The fourth-order valence-electron chi connectivity index (χ4n) is 2.17. The third kappa shape index (κ3) is 3.88. The number of benzene rings is 2. The lowest BCUT2D eigenvalue weighted by Gasteiger charge is -2.10. The molecule has 2 N–H and O–H groups in total. The number of halogens is 1. The van der Waals surface area contributed by atoms with E-state index in [4.69, 9.17) is 11.6 Å². The maximum Gasteiger partial charge on any atom is 0.274 e. The van der Waals surface area contributed by atoms with E-state index in [1.807, 2.05) is 49.4 Å². The minimum Gasteiger partial charge on any atom is -0.340 e. The molecule has 0 saturated carbocycles. The number of para-hydroxylation sites is 1. The lowest BCUT2D eigenvalue weighted by Crippen LogP contribution is -2.14. The van der Waals surface area contributed by atoms with Gasteiger partial charge < -0.3 is 10.6 Å². The summed E-state index contributed by atoms with van der Waals surface area (Å²) < 4.78 is 0. The van der Waals surface area contributed by atoms with E-state index in [-0.39, 0.29) is 11.6 Å². The fourth-order valence-corrected chi connectivity index (χ4v) is 2.40. The first-order valence-corrected chi connectivity index (χ1v) is 7.71. The molecule has 0 fully saturated rings. The van der Waals surface area contributed by atoms with Crippen molar-refractivity contribution in [2.75, 3.05) is 10.6 Å². The van der Waals surface area contributed by atoms with Crippen LogP contribution in [0.1, 0.15) is 16.1 Å². The van der Waals surface area contributed by atoms with Crippen molar-refractivity contribution in [2.45, 2.75) is 6.92 Å². The fraction of sp³-hybridized carbons (Fsp3) is 0.0556. The molecule has 120 valence electrons. The van der Waals surface area contributed by atoms with Crippen LogP contribution in [0.15, 0.2) is 60.9 Å². The molecule has 0 saturated heterocycles. The van der Waals surface area contributed by atoms with Crippen LogP contribution in [0.3, 0.4) is 0 Å². The molecule has 0 aliphatic heterocycles. The van der Waals surface area contributed by atoms with Crippen LogP contribution in [0.25, 0.3) is 0 Å². The summed E-state index contributed by atoms with van der Waals surface area (Å²) in [5, 5.41) is 6.63. The Labute approximate surface area is 144 Å². The molecule has 1 aromatic heterocycles. The van der Waals surface area contributed by atoms with Gasteiger partial charge in [-0.25, -0.2) is 9.97 Å². The molecule has 0 bridgehead atoms. The molecular weight excluding hydrogens is 324 g/mol. The van der Waals surface area contributed by atoms with E-state index in [1.165, 1.54) is 6.33 Å². The quantitative estimate of drug-likeness (QED) is 0.738. The van der Waals surface area contributed by atoms with Crippen LogP contribution in [0.2, 0.25) is 5.02 Å². The molecule has 1 amide bonds. The van der Waals surface area contributed by atoms with Gasteiger partial charge in [0.15, 0.2) is 0 Å². The predicted molar refractivity (Wildman–Crippen MR) is 95.9 cm³/mol. The van der Waals surface area contributed by atoms with Crippen molar-refractivity contribution in [3.05, 3.63) is 77.2 Å². The van der Waals surface area contributed by atoms with Gasteiger partial charge in [0.1, 0.15) is 17.8 Å². The van der Waals surface area contributed by atoms with E-state index in [1.54, 1.807) is 12.1 Å². The summed E-state index contributed by atoms with van der Waals surface area (Å²) in [7, 11) is 0. The maximum atomic E-state index is 12.3. The molecular formula is C18H15ClN4O. The lowest BCUT2D eigenvalue weighted by molar-refractivity contribution is 0.102. The van der Waals surface area contributed by atoms with E-state index >= 15 is 0 Å². The first-order valence-electron chi connectivity index (χ1n) is 7.33. The van der Waals surface area contributed by atoms with Gasteiger partial charge in [-0.3, -0.25) is 4.79 Å². The highest BCUT2D eigenvalue weighted by atomic mass is 35.5. The first kappa shape index (κ1) is 16.0. The molecule has 24 heavy (non-hydrogen) atoms. The molecule has 0 aliphatic rings. The monoisotopic (exact) mass is 338 g/mol. The summed E-state index contributed by atoms with van der Waals surface area (Å²) >= 11 is 5.96. The Hall–Kier alpha value is -2.92. The lowest BCUT2D eigenvalue weighted by atomic mass is 10.2. The smallest absolute Gasteiger partial charge is 0.274 e. The molecule has 1 heterocycles. The average molecular weight is 339 g/mol. The summed E-state index contributed by atoms with van der Waals surface area (Å²) in [4.78, 5) is 20.5. The van der Waals surface area contributed by atoms with Crippen LogP contribution in [-0.2, 0) is 0 Å². The highest BCUT2D eigenvalue weighted by molar-refractivity contribution is 6.30. The molecule has 3 rings (SSSR count). The third-order valence-electron chi connectivity index (χ3n) is 3.38. The molecule has 3 aromatic rings. The number of carbonyl (C=O) groups excluding carboxylic acids is 1. The second kappa shape index (κ2) is 7.10. The number of amides is 1. The van der Waals surface area contributed by atoms with Gasteiger partial charge in [-0.15, -0.1) is 0 Å². The molecule has 2 aromatic carbocycles. The second-order valence-corrected chi connectivity index (χ2v) is 5.63. The topological polar surface area (TPSA) is 66.9 Å². The van der Waals surface area contributed by atoms with Crippen LogP contribution < -0.4 is 10.6 Å². The standard InChI is InChI=1S/C18H15ClN4O/c1-12-9-13(19)7-8-15(12)23-17-10-16(20-11-21-17)18(24)22-14-5-3-2-4-6-14/h2-11H,1H3,(H,22,24)(H,20,21,23). The molecule has 0 radical (unpaired) electrons. The number of hydrogen-bond acceptors (Lipinski definition) is 4. The first-order chi connectivity index (χ1) is 11.6. The van der Waals surface area contributed by atoms with E-state index in [0.29, 0.717) is 16.5 Å². The number of nitrogens with zero attached hydrogens (tertiary/aromatic N) is 2. The van der Waals surface area contributed by atoms with Gasteiger partial charge >= 0.3 is 0 Å². The van der Waals surface area contributed by atoms with Gasteiger partial charge in [0.25, 0.3) is 5.91 Å². The largest absolute Gasteiger partial charge is 0.340 e. The number of hydrogen-bond donors (Lipinski definition) is 2. The van der Waals surface area contributed by atoms with Gasteiger partial charge in [-0.05, 0) is 42.8 Å². The minimum absolute atomic E-state index is 0.281. The van der Waals surface area contributed by atoms with E-state index in [9.17, 15) is 4.79 Å². The van der Waals surface area contributed by atoms with Gasteiger partial charge in [-0.2, -0.15) is 0 Å². The van der Waals surface area contributed by atoms with Gasteiger partial charge in [0, 0.05) is 22.5 Å². The Kier molecular flexibility index (Phi) is 4.72. The summed E-state index contributed by atoms with van der Waals surface area (Å²) in [6.45, 7) is 1.94. The van der Waals surface area contributed by atoms with Crippen molar-refractivity contribution in [3.8, 4) is 0 Å². The maximum absolute atomic E-state index is 12.3. The van der Waals surface area contributed by atoms with Crippen molar-refractivity contribution in [1.82, 2.24) is 9.97 Å². The van der Waals surface area contributed by atoms with E-state index < -0.39 is 0 Å². The zero-order valence-electron chi connectivity index (χ0n) is 13.0. The molecule has 5 nitrogen and oxygen atoms in total. The van der Waals surface area contributed by atoms with Gasteiger partial charge in [-0.1, -0.05) is 29.8 Å². The number of rotatable bonds is 4. The molecule has 0 atom stereocenters. The number of aryl methyl sites for hydroxylation is 1. The average Bonchev–Trinajstić information content (AvgIpc) is 2.59. The molecule has 0 unspecified atom stereocenters. The van der Waals surface area contributed by atoms with E-state index in [0.717, 1.165) is 11.3 Å². The summed E-state index contributed by atoms with van der Waals surface area (Å²) in [6.07, 6.45) is 1.35. The Morgan fingerprint density at radius 1 is 1.04 bits per heavy atom. The Bertz CT molecular complexity index is 868. The highest BCUT2D eigenvalue weighted by Crippen LogP contribution is 2.22. The van der Waals surface area contributed by atoms with Crippen molar-refractivity contribution in [1.29, 1.82) is 0 Å². The normalized spacial score (nSPS) is 10.2. The molecule has 6 heteroatoms. The van der Waals surface area contributed by atoms with Crippen molar-refractivity contribution in [3.63, 3.8) is 0 Å². The number of carbonyl (C=O) groups is 1. The van der Waals surface area contributed by atoms with Crippen molar-refractivity contribution >= 4 is 34.7 Å². The summed E-state index contributed by atoms with van der Waals surface area (Å²) in [5.41, 5.74) is 2.84. The zero-order valence-corrected chi connectivity index (χ0v) is 13.7. The van der Waals surface area contributed by atoms with Crippen LogP contribution >= 0.6 is 11.6 Å². The zero-order chi connectivity index (χ0) is 16.9. The Balaban J connectivity index is 1.77. The van der Waals surface area contributed by atoms with Gasteiger partial charge in [0.05, 0.1) is 0 Å². The SMILES string of the molecule is Cc1cc(Cl)ccc1Nc1cc(C(=O)Nc2ccccc2)ncn1. The van der Waals surface area contributed by atoms with Crippen LogP contribution in [0.4, 0.5) is 17.2 Å². The highest BCUT2D eigenvalue weighted by Gasteiger charge is 2.10. The van der Waals surface area contributed by atoms with Crippen molar-refractivity contribution < 1.29 is 4.79 Å². The number of nitrogens with one attached hydrogen (secondary N) is 2. The predicted octanol–water partition coefficient (Wildman–Crippen LogP) is 4.43. The minimum atomic E-state index is -0.292. The molecule has 0 aliphatic carbocycles. The Morgan fingerprint density at radius 2 is 1.83 bits per heavy atom. The van der Waals surface area contributed by atoms with Crippen LogP contribution in [-0.4, -0.2) is 15.9 Å². The number of aromatic nitrogens is 2.